The maximum Gasteiger partial charge on any atom is 0.244 e. The van der Waals surface area contributed by atoms with E-state index in [4.69, 9.17) is 4.74 Å². The van der Waals surface area contributed by atoms with Crippen molar-refractivity contribution in [2.24, 2.45) is 0 Å². The number of anilines is 1. The zero-order valence-corrected chi connectivity index (χ0v) is 20.9. The lowest BCUT2D eigenvalue weighted by atomic mass is 10.1. The largest absolute Gasteiger partial charge is 0.497 e. The molecule has 0 fully saturated rings. The van der Waals surface area contributed by atoms with Crippen LogP contribution >= 0.6 is 0 Å². The Morgan fingerprint density at radius 2 is 1.82 bits per heavy atom. The van der Waals surface area contributed by atoms with Crippen LogP contribution in [0.25, 0.3) is 0 Å². The van der Waals surface area contributed by atoms with Crippen LogP contribution in [0.4, 0.5) is 5.69 Å². The molecule has 0 saturated carbocycles. The fraction of sp³-hybridized carbons (Fsp3) is 0.417. The monoisotopic (exact) mass is 475 g/mol. The minimum absolute atomic E-state index is 0.131. The van der Waals surface area contributed by atoms with Crippen molar-refractivity contribution in [1.29, 1.82) is 0 Å². The van der Waals surface area contributed by atoms with Crippen molar-refractivity contribution in [2.45, 2.75) is 39.8 Å². The number of hydrogen-bond acceptors (Lipinski definition) is 5. The minimum atomic E-state index is -3.76. The predicted molar refractivity (Wildman–Crippen MR) is 130 cm³/mol. The molecule has 180 valence electrons. The molecule has 0 radical (unpaired) electrons. The molecule has 2 aromatic rings. The van der Waals surface area contributed by atoms with Crippen molar-refractivity contribution in [3.05, 3.63) is 59.2 Å². The van der Waals surface area contributed by atoms with Crippen LogP contribution in [0.15, 0.2) is 42.5 Å². The lowest BCUT2D eigenvalue weighted by molar-refractivity contribution is -0.140. The van der Waals surface area contributed by atoms with E-state index < -0.39 is 28.5 Å². The SMILES string of the molecule is CCC(C(=O)NC)N(Cc1cccc(OC)c1)C(=O)CN(c1cc(C)ccc1C)S(C)(=O)=O. The summed E-state index contributed by atoms with van der Waals surface area (Å²) in [5.41, 5.74) is 2.82. The smallest absolute Gasteiger partial charge is 0.244 e. The molecular weight excluding hydrogens is 442 g/mol. The van der Waals surface area contributed by atoms with Crippen molar-refractivity contribution in [1.82, 2.24) is 10.2 Å². The first-order valence-electron chi connectivity index (χ1n) is 10.7. The standard InChI is InChI=1S/C24H33N3O5S/c1-7-21(24(29)25-4)26(15-19-9-8-10-20(14-19)32-5)23(28)16-27(33(6,30)31)22-13-17(2)11-12-18(22)3/h8-14,21H,7,15-16H2,1-6H3,(H,25,29). The summed E-state index contributed by atoms with van der Waals surface area (Å²) in [5.74, 6) is -0.160. The molecule has 2 rings (SSSR count). The first-order chi connectivity index (χ1) is 15.5. The summed E-state index contributed by atoms with van der Waals surface area (Å²) < 4.78 is 31.7. The van der Waals surface area contributed by atoms with Gasteiger partial charge in [-0.05, 0) is 55.2 Å². The lowest BCUT2D eigenvalue weighted by Gasteiger charge is -2.33. The van der Waals surface area contributed by atoms with Crippen LogP contribution in [-0.4, -0.2) is 58.1 Å². The van der Waals surface area contributed by atoms with E-state index in [2.05, 4.69) is 5.32 Å². The summed E-state index contributed by atoms with van der Waals surface area (Å²) in [6.07, 6.45) is 1.45. The number of carbonyl (C=O) groups is 2. The highest BCUT2D eigenvalue weighted by Gasteiger charge is 2.31. The van der Waals surface area contributed by atoms with Gasteiger partial charge in [0.2, 0.25) is 21.8 Å². The molecule has 9 heteroatoms. The molecule has 0 aliphatic heterocycles. The first-order valence-corrected chi connectivity index (χ1v) is 12.6. The molecule has 1 atom stereocenters. The van der Waals surface area contributed by atoms with Gasteiger partial charge in [-0.3, -0.25) is 13.9 Å². The van der Waals surface area contributed by atoms with Gasteiger partial charge in [0.15, 0.2) is 0 Å². The molecule has 1 unspecified atom stereocenters. The molecule has 0 bridgehead atoms. The Morgan fingerprint density at radius 3 is 2.39 bits per heavy atom. The number of rotatable bonds is 10. The molecule has 8 nitrogen and oxygen atoms in total. The molecule has 0 saturated heterocycles. The number of nitrogens with zero attached hydrogens (tertiary/aromatic N) is 2. The summed E-state index contributed by atoms with van der Waals surface area (Å²) in [7, 11) is -0.699. The van der Waals surface area contributed by atoms with Crippen molar-refractivity contribution >= 4 is 27.5 Å². The minimum Gasteiger partial charge on any atom is -0.497 e. The number of ether oxygens (including phenoxy) is 1. The van der Waals surface area contributed by atoms with Gasteiger partial charge in [-0.15, -0.1) is 0 Å². The number of sulfonamides is 1. The van der Waals surface area contributed by atoms with Crippen molar-refractivity contribution in [2.75, 3.05) is 31.3 Å². The van der Waals surface area contributed by atoms with E-state index in [0.29, 0.717) is 17.9 Å². The highest BCUT2D eigenvalue weighted by Crippen LogP contribution is 2.25. The number of methoxy groups -OCH3 is 1. The predicted octanol–water partition coefficient (Wildman–Crippen LogP) is 2.63. The molecule has 0 aromatic heterocycles. The van der Waals surface area contributed by atoms with Crippen LogP contribution in [0.2, 0.25) is 0 Å². The Kier molecular flexibility index (Phi) is 8.87. The second kappa shape index (κ2) is 11.2. The topological polar surface area (TPSA) is 96.0 Å². The van der Waals surface area contributed by atoms with Gasteiger partial charge in [-0.1, -0.05) is 31.2 Å². The van der Waals surface area contributed by atoms with Crippen LogP contribution in [0.5, 0.6) is 5.75 Å². The van der Waals surface area contributed by atoms with Crippen LogP contribution < -0.4 is 14.4 Å². The number of aryl methyl sites for hydroxylation is 2. The van der Waals surface area contributed by atoms with Gasteiger partial charge in [0, 0.05) is 13.6 Å². The number of benzene rings is 2. The molecule has 33 heavy (non-hydrogen) atoms. The highest BCUT2D eigenvalue weighted by molar-refractivity contribution is 7.92. The van der Waals surface area contributed by atoms with Crippen molar-refractivity contribution in [3.63, 3.8) is 0 Å². The van der Waals surface area contributed by atoms with E-state index in [1.165, 1.54) is 11.9 Å². The van der Waals surface area contributed by atoms with Crippen LogP contribution in [0, 0.1) is 13.8 Å². The van der Waals surface area contributed by atoms with E-state index in [0.717, 1.165) is 27.3 Å². The third kappa shape index (κ3) is 6.71. The lowest BCUT2D eigenvalue weighted by Crippen LogP contribution is -2.51. The Labute approximate surface area is 196 Å². The van der Waals surface area contributed by atoms with Gasteiger partial charge in [0.1, 0.15) is 18.3 Å². The zero-order chi connectivity index (χ0) is 24.8. The molecule has 0 aliphatic carbocycles. The average molecular weight is 476 g/mol. The summed E-state index contributed by atoms with van der Waals surface area (Å²) in [6.45, 7) is 5.18. The molecule has 0 heterocycles. The van der Waals surface area contributed by atoms with Crippen LogP contribution in [0.1, 0.15) is 30.0 Å². The molecule has 2 amide bonds. The number of amides is 2. The molecule has 0 spiro atoms. The Morgan fingerprint density at radius 1 is 1.12 bits per heavy atom. The maximum absolute atomic E-state index is 13.6. The first kappa shape index (κ1) is 26.2. The van der Waals surface area contributed by atoms with E-state index in [1.54, 1.807) is 38.3 Å². The highest BCUT2D eigenvalue weighted by atomic mass is 32.2. The van der Waals surface area contributed by atoms with Gasteiger partial charge in [0.25, 0.3) is 0 Å². The van der Waals surface area contributed by atoms with Crippen molar-refractivity contribution < 1.29 is 22.7 Å². The third-order valence-corrected chi connectivity index (χ3v) is 6.56. The van der Waals surface area contributed by atoms with E-state index in [-0.39, 0.29) is 12.5 Å². The Bertz CT molecular complexity index is 1100. The van der Waals surface area contributed by atoms with Gasteiger partial charge < -0.3 is 15.0 Å². The summed E-state index contributed by atoms with van der Waals surface area (Å²) in [5, 5.41) is 2.60. The quantitative estimate of drug-likeness (QED) is 0.570. The fourth-order valence-corrected chi connectivity index (χ4v) is 4.54. The van der Waals surface area contributed by atoms with Gasteiger partial charge in [-0.25, -0.2) is 8.42 Å². The Balaban J connectivity index is 2.48. The second-order valence-electron chi connectivity index (χ2n) is 7.97. The summed E-state index contributed by atoms with van der Waals surface area (Å²) in [6, 6.07) is 11.9. The maximum atomic E-state index is 13.6. The van der Waals surface area contributed by atoms with Crippen LogP contribution in [-0.2, 0) is 26.2 Å². The summed E-state index contributed by atoms with van der Waals surface area (Å²) >= 11 is 0. The zero-order valence-electron chi connectivity index (χ0n) is 20.1. The van der Waals surface area contributed by atoms with E-state index in [9.17, 15) is 18.0 Å². The van der Waals surface area contributed by atoms with E-state index in [1.807, 2.05) is 32.0 Å². The van der Waals surface area contributed by atoms with Crippen LogP contribution in [0.3, 0.4) is 0 Å². The molecular formula is C24H33N3O5S. The molecule has 0 aliphatic rings. The van der Waals surface area contributed by atoms with Gasteiger partial charge in [-0.2, -0.15) is 0 Å². The fourth-order valence-electron chi connectivity index (χ4n) is 3.64. The average Bonchev–Trinajstić information content (AvgIpc) is 2.78. The van der Waals surface area contributed by atoms with Gasteiger partial charge >= 0.3 is 0 Å². The summed E-state index contributed by atoms with van der Waals surface area (Å²) in [4.78, 5) is 27.6. The van der Waals surface area contributed by atoms with Gasteiger partial charge in [0.05, 0.1) is 19.1 Å². The number of nitrogens with one attached hydrogen (secondary N) is 1. The number of carbonyl (C=O) groups excluding carboxylic acids is 2. The normalized spacial score (nSPS) is 12.1. The molecule has 1 N–H and O–H groups in total. The molecule has 2 aromatic carbocycles. The second-order valence-corrected chi connectivity index (χ2v) is 9.88. The number of hydrogen-bond donors (Lipinski definition) is 1. The van der Waals surface area contributed by atoms with E-state index >= 15 is 0 Å². The van der Waals surface area contributed by atoms with Crippen molar-refractivity contribution in [3.8, 4) is 5.75 Å². The number of likely N-dealkylation sites (N-methyl/N-ethyl adjacent to an activating group) is 1. The third-order valence-electron chi connectivity index (χ3n) is 5.43. The Hall–Kier alpha value is -3.07.